The molecule has 0 spiro atoms. The van der Waals surface area contributed by atoms with Crippen LogP contribution in [-0.2, 0) is 4.79 Å². The molecule has 0 bridgehead atoms. The first-order valence-corrected chi connectivity index (χ1v) is 4.33. The monoisotopic (exact) mass is 182 g/mol. The lowest BCUT2D eigenvalue weighted by atomic mass is 10.2. The number of benzene rings is 1. The lowest BCUT2D eigenvalue weighted by Crippen LogP contribution is -2.22. The van der Waals surface area contributed by atoms with Gasteiger partial charge >= 0.3 is 0 Å². The minimum absolute atomic E-state index is 0.196. The Labute approximate surface area is 79.4 Å². The summed E-state index contributed by atoms with van der Waals surface area (Å²) in [6, 6.07) is 7.68. The Bertz CT molecular complexity index is 659. The van der Waals surface area contributed by atoms with Crippen molar-refractivity contribution < 1.29 is 4.79 Å². The molecule has 0 saturated heterocycles. The van der Waals surface area contributed by atoms with Crippen LogP contribution in [0.5, 0.6) is 0 Å². The molecule has 2 heterocycles. The third-order valence-electron chi connectivity index (χ3n) is 2.28. The van der Waals surface area contributed by atoms with Crippen molar-refractivity contribution in [2.75, 3.05) is 0 Å². The molecule has 0 radical (unpaired) electrons. The first-order chi connectivity index (χ1) is 6.84. The predicted octanol–water partition coefficient (Wildman–Crippen LogP) is 0.175. The molecule has 1 aliphatic heterocycles. The maximum absolute atomic E-state index is 11.1. The molecule has 0 N–H and O–H groups in total. The number of carbonyl (C=O) groups excluding carboxylic acids is 1. The summed E-state index contributed by atoms with van der Waals surface area (Å²) in [5.41, 5.74) is 0.798. The van der Waals surface area contributed by atoms with Crippen molar-refractivity contribution in [3.05, 3.63) is 41.0 Å². The largest absolute Gasteiger partial charge is 0.271 e. The highest BCUT2D eigenvalue weighted by atomic mass is 16.1. The summed E-state index contributed by atoms with van der Waals surface area (Å²) >= 11 is 0. The van der Waals surface area contributed by atoms with Crippen LogP contribution in [0.25, 0.3) is 17.0 Å². The number of nitrogens with zero attached hydrogens (tertiary/aromatic N) is 2. The molecule has 14 heavy (non-hydrogen) atoms. The van der Waals surface area contributed by atoms with Crippen molar-refractivity contribution >= 4 is 22.9 Å². The van der Waals surface area contributed by atoms with E-state index in [-0.39, 0.29) is 5.91 Å². The summed E-state index contributed by atoms with van der Waals surface area (Å²) in [4.78, 5) is 19.2. The molecule has 0 atom stereocenters. The predicted molar refractivity (Wildman–Crippen MR) is 52.0 cm³/mol. The maximum Gasteiger partial charge on any atom is 0.271 e. The summed E-state index contributed by atoms with van der Waals surface area (Å²) in [5.74, 6) is -0.196. The molecule has 1 aromatic heterocycles. The van der Waals surface area contributed by atoms with E-state index in [9.17, 15) is 4.79 Å². The first kappa shape index (κ1) is 7.38. The molecule has 1 amide bonds. The smallest absolute Gasteiger partial charge is 0.267 e. The molecule has 3 nitrogen and oxygen atoms in total. The number of carbonyl (C=O) groups is 1. The minimum Gasteiger partial charge on any atom is -0.267 e. The van der Waals surface area contributed by atoms with E-state index in [2.05, 4.69) is 9.98 Å². The zero-order valence-electron chi connectivity index (χ0n) is 7.27. The van der Waals surface area contributed by atoms with E-state index in [1.165, 1.54) is 6.08 Å². The molecule has 1 aromatic carbocycles. The second kappa shape index (κ2) is 2.48. The van der Waals surface area contributed by atoms with Gasteiger partial charge in [-0.1, -0.05) is 18.2 Å². The van der Waals surface area contributed by atoms with Gasteiger partial charge in [-0.2, -0.15) is 0 Å². The van der Waals surface area contributed by atoms with Crippen molar-refractivity contribution in [1.82, 2.24) is 4.98 Å². The fraction of sp³-hybridized carbons (Fsp3) is 0. The Morgan fingerprint density at radius 1 is 1.14 bits per heavy atom. The Morgan fingerprint density at radius 2 is 2.07 bits per heavy atom. The average molecular weight is 182 g/mol. The zero-order chi connectivity index (χ0) is 9.54. The molecule has 0 fully saturated rings. The maximum atomic E-state index is 11.1. The third-order valence-corrected chi connectivity index (χ3v) is 2.28. The van der Waals surface area contributed by atoms with Crippen molar-refractivity contribution in [2.24, 2.45) is 4.99 Å². The number of pyridine rings is 1. The van der Waals surface area contributed by atoms with Gasteiger partial charge in [0.1, 0.15) is 5.36 Å². The van der Waals surface area contributed by atoms with Gasteiger partial charge in [-0.3, -0.25) is 9.78 Å². The van der Waals surface area contributed by atoms with E-state index >= 15 is 0 Å². The summed E-state index contributed by atoms with van der Waals surface area (Å²) < 4.78 is 0. The van der Waals surface area contributed by atoms with Crippen LogP contribution in [0, 0.1) is 0 Å². The summed E-state index contributed by atoms with van der Waals surface area (Å²) in [5, 5.41) is 2.58. The van der Waals surface area contributed by atoms with Gasteiger partial charge in [0.15, 0.2) is 0 Å². The van der Waals surface area contributed by atoms with E-state index in [1.807, 2.05) is 24.3 Å². The van der Waals surface area contributed by atoms with Crippen LogP contribution in [0.4, 0.5) is 0 Å². The van der Waals surface area contributed by atoms with E-state index in [4.69, 9.17) is 0 Å². The number of aromatic nitrogens is 1. The highest BCUT2D eigenvalue weighted by molar-refractivity contribution is 6.07. The molecular formula is C11H6N2O. The van der Waals surface area contributed by atoms with Gasteiger partial charge in [-0.25, -0.2) is 4.99 Å². The van der Waals surface area contributed by atoms with Gasteiger partial charge in [0.05, 0.1) is 5.52 Å². The number of rotatable bonds is 0. The summed E-state index contributed by atoms with van der Waals surface area (Å²) in [6.07, 6.45) is 3.24. The number of hydrogen-bond acceptors (Lipinski definition) is 2. The molecule has 2 aromatic rings. The standard InChI is InChI=1S/C11H6N2O/c14-9-6-8-4-3-7-2-1-5-12-10(7)11(8)13-9/h1-6H. The number of fused-ring (bicyclic) bond motifs is 3. The lowest BCUT2D eigenvalue weighted by Gasteiger charge is -1.93. The average Bonchev–Trinajstić information content (AvgIpc) is 2.59. The SMILES string of the molecule is O=C1C=c2ccc3cccnc3c2=N1. The highest BCUT2D eigenvalue weighted by Crippen LogP contribution is 2.03. The van der Waals surface area contributed by atoms with Crippen LogP contribution in [0.3, 0.4) is 0 Å². The van der Waals surface area contributed by atoms with E-state index < -0.39 is 0 Å². The van der Waals surface area contributed by atoms with Crippen molar-refractivity contribution in [3.8, 4) is 0 Å². The van der Waals surface area contributed by atoms with Gasteiger partial charge < -0.3 is 0 Å². The quantitative estimate of drug-likeness (QED) is 0.583. The van der Waals surface area contributed by atoms with Gasteiger partial charge in [0, 0.05) is 22.9 Å². The Morgan fingerprint density at radius 3 is 3.00 bits per heavy atom. The van der Waals surface area contributed by atoms with Crippen LogP contribution in [-0.4, -0.2) is 10.9 Å². The fourth-order valence-electron chi connectivity index (χ4n) is 1.65. The minimum atomic E-state index is -0.196. The van der Waals surface area contributed by atoms with Crippen molar-refractivity contribution in [1.29, 1.82) is 0 Å². The van der Waals surface area contributed by atoms with Gasteiger partial charge in [0.2, 0.25) is 0 Å². The van der Waals surface area contributed by atoms with Gasteiger partial charge in [-0.15, -0.1) is 0 Å². The van der Waals surface area contributed by atoms with Gasteiger partial charge in [0.25, 0.3) is 5.91 Å². The van der Waals surface area contributed by atoms with Crippen molar-refractivity contribution in [3.63, 3.8) is 0 Å². The lowest BCUT2D eigenvalue weighted by molar-refractivity contribution is -0.112. The molecule has 0 saturated carbocycles. The molecular weight excluding hydrogens is 176 g/mol. The second-order valence-electron chi connectivity index (χ2n) is 3.17. The molecule has 3 heteroatoms. The van der Waals surface area contributed by atoms with E-state index in [1.54, 1.807) is 6.20 Å². The zero-order valence-corrected chi connectivity index (χ0v) is 7.27. The van der Waals surface area contributed by atoms with Crippen LogP contribution >= 0.6 is 0 Å². The molecule has 0 unspecified atom stereocenters. The van der Waals surface area contributed by atoms with Crippen LogP contribution in [0.2, 0.25) is 0 Å². The normalized spacial score (nSPS) is 13.6. The highest BCUT2D eigenvalue weighted by Gasteiger charge is 2.06. The topological polar surface area (TPSA) is 42.3 Å². The molecule has 0 aliphatic carbocycles. The van der Waals surface area contributed by atoms with Gasteiger partial charge in [-0.05, 0) is 6.07 Å². The third kappa shape index (κ3) is 0.893. The summed E-state index contributed by atoms with van der Waals surface area (Å²) in [6.45, 7) is 0. The Balaban J connectivity index is 2.65. The number of amides is 1. The molecule has 3 rings (SSSR count). The van der Waals surface area contributed by atoms with Crippen LogP contribution in [0.1, 0.15) is 0 Å². The fourth-order valence-corrected chi connectivity index (χ4v) is 1.65. The van der Waals surface area contributed by atoms with Crippen LogP contribution < -0.4 is 10.6 Å². The van der Waals surface area contributed by atoms with Crippen molar-refractivity contribution in [2.45, 2.75) is 0 Å². The molecule has 1 aliphatic rings. The van der Waals surface area contributed by atoms with E-state index in [0.717, 1.165) is 16.1 Å². The van der Waals surface area contributed by atoms with E-state index in [0.29, 0.717) is 5.36 Å². The summed E-state index contributed by atoms with van der Waals surface area (Å²) in [7, 11) is 0. The Kier molecular flexibility index (Phi) is 1.31. The second-order valence-corrected chi connectivity index (χ2v) is 3.17. The van der Waals surface area contributed by atoms with Crippen LogP contribution in [0.15, 0.2) is 35.5 Å². The molecule has 66 valence electrons. The number of hydrogen-bond donors (Lipinski definition) is 0. The Hall–Kier alpha value is -2.03. The first-order valence-electron chi connectivity index (χ1n) is 4.33.